The molecular formula is C28H25Cl2N3O5S. The molecule has 1 aliphatic heterocycles. The molecule has 0 bridgehead atoms. The number of thiophene rings is 1. The number of benzene rings is 1. The van der Waals surface area contributed by atoms with Crippen LogP contribution in [0.25, 0.3) is 11.1 Å². The number of anilines is 1. The van der Waals surface area contributed by atoms with Gasteiger partial charge in [0.15, 0.2) is 0 Å². The van der Waals surface area contributed by atoms with Crippen LogP contribution in [0.5, 0.6) is 0 Å². The van der Waals surface area contributed by atoms with E-state index in [1.165, 1.54) is 29.2 Å². The predicted molar refractivity (Wildman–Crippen MR) is 151 cm³/mol. The van der Waals surface area contributed by atoms with E-state index in [1.54, 1.807) is 18.3 Å². The molecule has 1 fully saturated rings. The Kier molecular flexibility index (Phi) is 7.41. The van der Waals surface area contributed by atoms with Gasteiger partial charge < -0.3 is 9.30 Å². The largest absolute Gasteiger partial charge is 0.462 e. The number of rotatable bonds is 5. The number of aryl methyl sites for hydroxylation is 2. The van der Waals surface area contributed by atoms with Crippen LogP contribution in [-0.4, -0.2) is 35.0 Å². The summed E-state index contributed by atoms with van der Waals surface area (Å²) in [6.45, 7) is 5.82. The molecule has 8 nitrogen and oxygen atoms in total. The maximum atomic E-state index is 13.4. The zero-order chi connectivity index (χ0) is 28.0. The van der Waals surface area contributed by atoms with Crippen molar-refractivity contribution in [3.8, 4) is 5.00 Å². The van der Waals surface area contributed by atoms with Gasteiger partial charge in [-0.25, -0.2) is 14.5 Å². The molecule has 1 aromatic carbocycles. The van der Waals surface area contributed by atoms with Gasteiger partial charge in [-0.15, -0.1) is 11.3 Å². The van der Waals surface area contributed by atoms with Crippen molar-refractivity contribution in [2.75, 3.05) is 11.5 Å². The fourth-order valence-corrected chi connectivity index (χ4v) is 6.82. The van der Waals surface area contributed by atoms with Gasteiger partial charge in [0, 0.05) is 16.3 Å². The first kappa shape index (κ1) is 27.2. The summed E-state index contributed by atoms with van der Waals surface area (Å²) < 4.78 is 7.39. The van der Waals surface area contributed by atoms with Crippen LogP contribution < -0.4 is 10.2 Å². The summed E-state index contributed by atoms with van der Waals surface area (Å²) in [5.74, 6) is -1.94. The minimum atomic E-state index is -0.880. The van der Waals surface area contributed by atoms with Gasteiger partial charge in [0.05, 0.1) is 27.9 Å². The zero-order valence-corrected chi connectivity index (χ0v) is 23.9. The monoisotopic (exact) mass is 585 g/mol. The summed E-state index contributed by atoms with van der Waals surface area (Å²) in [5.41, 5.74) is 3.77. The molecule has 1 saturated heterocycles. The molecule has 39 heavy (non-hydrogen) atoms. The molecule has 3 heterocycles. The molecule has 2 aliphatic rings. The number of nitrogens with zero attached hydrogens (tertiary/aromatic N) is 2. The van der Waals surface area contributed by atoms with Crippen LogP contribution in [0, 0.1) is 13.8 Å². The number of fused-ring (bicyclic) bond motifs is 1. The number of amides is 4. The molecule has 1 aliphatic carbocycles. The Labute approximate surface area is 239 Å². The number of carbonyl (C=O) groups excluding carboxylic acids is 4. The van der Waals surface area contributed by atoms with Gasteiger partial charge in [0.25, 0.3) is 11.8 Å². The maximum absolute atomic E-state index is 13.4. The molecule has 1 N–H and O–H groups in total. The molecular weight excluding hydrogens is 561 g/mol. The third-order valence-electron chi connectivity index (χ3n) is 6.87. The van der Waals surface area contributed by atoms with Crippen molar-refractivity contribution in [2.45, 2.75) is 46.5 Å². The summed E-state index contributed by atoms with van der Waals surface area (Å²) in [5, 5.41) is 3.42. The lowest BCUT2D eigenvalue weighted by atomic mass is 9.95. The van der Waals surface area contributed by atoms with E-state index in [0.29, 0.717) is 11.1 Å². The number of barbiturate groups is 1. The number of ether oxygens (including phenoxy) is 1. The maximum Gasteiger partial charge on any atom is 0.341 e. The normalized spacial score (nSPS) is 16.5. The number of nitrogens with one attached hydrogen (secondary N) is 1. The number of urea groups is 1. The number of carbonyl (C=O) groups is 4. The Morgan fingerprint density at radius 1 is 1.10 bits per heavy atom. The van der Waals surface area contributed by atoms with Crippen molar-refractivity contribution in [1.82, 2.24) is 9.88 Å². The van der Waals surface area contributed by atoms with Gasteiger partial charge in [0.1, 0.15) is 10.6 Å². The smallest absolute Gasteiger partial charge is 0.341 e. The molecule has 4 amide bonds. The quantitative estimate of drug-likeness (QED) is 0.219. The molecule has 0 atom stereocenters. The van der Waals surface area contributed by atoms with Crippen LogP contribution in [0.4, 0.5) is 10.5 Å². The summed E-state index contributed by atoms with van der Waals surface area (Å²) in [4.78, 5) is 53.9. The van der Waals surface area contributed by atoms with E-state index in [-0.39, 0.29) is 33.9 Å². The van der Waals surface area contributed by atoms with Crippen LogP contribution in [0.15, 0.2) is 29.8 Å². The first-order chi connectivity index (χ1) is 18.6. The number of imide groups is 2. The molecule has 0 saturated carbocycles. The van der Waals surface area contributed by atoms with Crippen LogP contribution in [0.2, 0.25) is 10.0 Å². The third-order valence-corrected chi connectivity index (χ3v) is 8.88. The van der Waals surface area contributed by atoms with Crippen LogP contribution >= 0.6 is 34.5 Å². The Bertz CT molecular complexity index is 1590. The van der Waals surface area contributed by atoms with Crippen LogP contribution in [0.1, 0.15) is 57.5 Å². The lowest BCUT2D eigenvalue weighted by molar-refractivity contribution is -0.122. The first-order valence-corrected chi connectivity index (χ1v) is 14.1. The Morgan fingerprint density at radius 3 is 2.56 bits per heavy atom. The van der Waals surface area contributed by atoms with Gasteiger partial charge in [-0.1, -0.05) is 23.2 Å². The topological polar surface area (TPSA) is 97.7 Å². The van der Waals surface area contributed by atoms with E-state index >= 15 is 0 Å². The van der Waals surface area contributed by atoms with Crippen molar-refractivity contribution < 1.29 is 23.9 Å². The third kappa shape index (κ3) is 4.79. The number of aromatic nitrogens is 1. The Hall–Kier alpha value is -3.40. The zero-order valence-electron chi connectivity index (χ0n) is 21.5. The summed E-state index contributed by atoms with van der Waals surface area (Å²) in [7, 11) is 0. The van der Waals surface area contributed by atoms with Crippen LogP contribution in [0.3, 0.4) is 0 Å². The highest BCUT2D eigenvalue weighted by molar-refractivity contribution is 7.15. The predicted octanol–water partition coefficient (Wildman–Crippen LogP) is 6.18. The molecule has 0 spiro atoms. The highest BCUT2D eigenvalue weighted by Gasteiger charge is 2.37. The van der Waals surface area contributed by atoms with Crippen molar-refractivity contribution >= 4 is 70.1 Å². The highest BCUT2D eigenvalue weighted by atomic mass is 35.5. The molecule has 0 radical (unpaired) electrons. The second-order valence-electron chi connectivity index (χ2n) is 9.33. The average Bonchev–Trinajstić information content (AvgIpc) is 3.39. The van der Waals surface area contributed by atoms with E-state index in [9.17, 15) is 19.2 Å². The van der Waals surface area contributed by atoms with E-state index in [0.717, 1.165) is 52.5 Å². The number of hydrogen-bond donors (Lipinski definition) is 1. The molecule has 0 unspecified atom stereocenters. The second-order valence-corrected chi connectivity index (χ2v) is 11.2. The van der Waals surface area contributed by atoms with E-state index in [4.69, 9.17) is 27.9 Å². The van der Waals surface area contributed by atoms with Gasteiger partial charge in [-0.3, -0.25) is 14.9 Å². The number of hydrogen-bond acceptors (Lipinski definition) is 6. The van der Waals surface area contributed by atoms with E-state index < -0.39 is 17.8 Å². The standard InChI is InChI=1S/C28H25Cl2N3O5S/c1-4-38-27(36)23-18-7-5-6-8-22(18)39-26(23)32-14(2)11-16(15(32)3)12-19-24(34)31-28(37)33(25(19)35)17-9-10-20(29)21(30)13-17/h9-13H,4-8H2,1-3H3,(H,31,34,37)/b19-12-. The number of halogens is 2. The lowest BCUT2D eigenvalue weighted by Crippen LogP contribution is -2.54. The SMILES string of the molecule is CCOC(=O)c1c(-n2c(C)cc(/C=C3/C(=O)NC(=O)N(c4ccc(Cl)c(Cl)c4)C3=O)c2C)sc2c1CCCC2. The van der Waals surface area contributed by atoms with E-state index in [1.807, 2.05) is 24.5 Å². The van der Waals surface area contributed by atoms with Gasteiger partial charge in [0.2, 0.25) is 0 Å². The summed E-state index contributed by atoms with van der Waals surface area (Å²) in [6.07, 6.45) is 5.29. The number of esters is 1. The van der Waals surface area contributed by atoms with E-state index in [2.05, 4.69) is 5.32 Å². The lowest BCUT2D eigenvalue weighted by Gasteiger charge is -2.26. The highest BCUT2D eigenvalue weighted by Crippen LogP contribution is 2.39. The Balaban J connectivity index is 1.59. The Morgan fingerprint density at radius 2 is 1.85 bits per heavy atom. The van der Waals surface area contributed by atoms with Gasteiger partial charge in [-0.2, -0.15) is 0 Å². The second kappa shape index (κ2) is 10.6. The molecule has 202 valence electrons. The van der Waals surface area contributed by atoms with Gasteiger partial charge in [-0.05, 0) is 87.9 Å². The summed E-state index contributed by atoms with van der Waals surface area (Å²) >= 11 is 13.7. The van der Waals surface area contributed by atoms with Crippen molar-refractivity contribution in [1.29, 1.82) is 0 Å². The molecule has 5 rings (SSSR count). The van der Waals surface area contributed by atoms with Crippen molar-refractivity contribution in [2.24, 2.45) is 0 Å². The molecule has 3 aromatic rings. The first-order valence-electron chi connectivity index (χ1n) is 12.5. The van der Waals surface area contributed by atoms with Crippen molar-refractivity contribution in [3.63, 3.8) is 0 Å². The minimum absolute atomic E-state index is 0.164. The summed E-state index contributed by atoms with van der Waals surface area (Å²) in [6, 6.07) is 5.29. The van der Waals surface area contributed by atoms with Crippen molar-refractivity contribution in [3.05, 3.63) is 72.8 Å². The fraction of sp³-hybridized carbons (Fsp3) is 0.286. The fourth-order valence-electron chi connectivity index (χ4n) is 5.04. The molecule has 2 aromatic heterocycles. The van der Waals surface area contributed by atoms with Crippen LogP contribution in [-0.2, 0) is 27.2 Å². The van der Waals surface area contributed by atoms with Gasteiger partial charge >= 0.3 is 12.0 Å². The minimum Gasteiger partial charge on any atom is -0.462 e. The molecule has 11 heteroatoms. The average molecular weight is 586 g/mol.